The van der Waals surface area contributed by atoms with Crippen LogP contribution in [0, 0.1) is 0 Å². The molecule has 2 aromatic carbocycles. The minimum atomic E-state index is -0.251. The molecule has 0 radical (unpaired) electrons. The molecule has 1 aromatic heterocycles. The average molecular weight is 408 g/mol. The zero-order valence-corrected chi connectivity index (χ0v) is 17.0. The van der Waals surface area contributed by atoms with Crippen LogP contribution >= 0.6 is 0 Å². The Bertz CT molecular complexity index is 1120. The van der Waals surface area contributed by atoms with Crippen LogP contribution in [0.2, 0.25) is 0 Å². The fraction of sp³-hybridized carbons (Fsp3) is 0.304. The minimum Gasteiger partial charge on any atom is -0.493 e. The Morgan fingerprint density at radius 3 is 2.73 bits per heavy atom. The van der Waals surface area contributed by atoms with E-state index >= 15 is 0 Å². The summed E-state index contributed by atoms with van der Waals surface area (Å²) in [5, 5.41) is 3.77. The Hall–Kier alpha value is -3.32. The quantitative estimate of drug-likeness (QED) is 0.674. The van der Waals surface area contributed by atoms with E-state index in [-0.39, 0.29) is 17.6 Å². The highest BCUT2D eigenvalue weighted by Gasteiger charge is 2.18. The number of methoxy groups -OCH3 is 2. The molecule has 0 saturated carbocycles. The van der Waals surface area contributed by atoms with E-state index in [2.05, 4.69) is 10.3 Å². The molecule has 2 heterocycles. The molecule has 0 spiro atoms. The number of nitrogens with one attached hydrogen (secondary N) is 1. The second-order valence-corrected chi connectivity index (χ2v) is 7.00. The van der Waals surface area contributed by atoms with Crippen molar-refractivity contribution in [3.05, 3.63) is 59.6 Å². The van der Waals surface area contributed by atoms with Crippen molar-refractivity contribution < 1.29 is 23.4 Å². The van der Waals surface area contributed by atoms with Crippen molar-refractivity contribution >= 4 is 22.6 Å². The van der Waals surface area contributed by atoms with Gasteiger partial charge in [0.15, 0.2) is 11.5 Å². The van der Waals surface area contributed by atoms with Crippen molar-refractivity contribution in [2.45, 2.75) is 18.9 Å². The third-order valence-corrected chi connectivity index (χ3v) is 5.01. The lowest BCUT2D eigenvalue weighted by Crippen LogP contribution is -2.34. The van der Waals surface area contributed by atoms with Crippen LogP contribution in [0.25, 0.3) is 11.0 Å². The van der Waals surface area contributed by atoms with Gasteiger partial charge in [0.05, 0.1) is 26.0 Å². The Balaban J connectivity index is 1.74. The van der Waals surface area contributed by atoms with E-state index in [4.69, 9.17) is 18.6 Å². The molecule has 7 heteroatoms. The van der Waals surface area contributed by atoms with E-state index < -0.39 is 0 Å². The number of ether oxygens (including phenoxy) is 3. The number of carbonyl (C=O) groups is 1. The first-order valence-corrected chi connectivity index (χ1v) is 9.87. The minimum absolute atomic E-state index is 0.0533. The number of amides is 1. The largest absolute Gasteiger partial charge is 0.493 e. The summed E-state index contributed by atoms with van der Waals surface area (Å²) < 4.78 is 22.2. The molecule has 1 atom stereocenters. The van der Waals surface area contributed by atoms with Crippen LogP contribution in [-0.2, 0) is 4.74 Å². The summed E-state index contributed by atoms with van der Waals surface area (Å²) in [4.78, 5) is 17.5. The summed E-state index contributed by atoms with van der Waals surface area (Å²) >= 11 is 0. The van der Waals surface area contributed by atoms with Crippen molar-refractivity contribution in [1.82, 2.24) is 5.32 Å². The number of nitrogens with zero attached hydrogens (tertiary/aromatic N) is 1. The molecule has 30 heavy (non-hydrogen) atoms. The summed E-state index contributed by atoms with van der Waals surface area (Å²) in [5.74, 6) is 0.893. The van der Waals surface area contributed by atoms with Gasteiger partial charge < -0.3 is 23.9 Å². The highest BCUT2D eigenvalue weighted by Crippen LogP contribution is 2.30. The number of rotatable bonds is 6. The lowest BCUT2D eigenvalue weighted by Gasteiger charge is -2.11. The van der Waals surface area contributed by atoms with E-state index in [9.17, 15) is 4.79 Å². The van der Waals surface area contributed by atoms with Crippen LogP contribution in [0.15, 0.2) is 57.9 Å². The third-order valence-electron chi connectivity index (χ3n) is 5.01. The number of para-hydroxylation sites is 1. The molecule has 1 saturated heterocycles. The molecular formula is C23H24N2O5. The normalized spacial score (nSPS) is 16.6. The van der Waals surface area contributed by atoms with Crippen molar-refractivity contribution in [3.8, 4) is 11.5 Å². The standard InChI is InChI=1S/C23H24N2O5/c1-27-20-10-9-16(13-21(20)28-2)25-23-18(12-15-6-3-4-8-19(15)30-23)22(26)24-14-17-7-5-11-29-17/h3-4,6,8-10,12-13,17H,5,7,11,14H2,1-2H3,(H,24,26). The van der Waals surface area contributed by atoms with Crippen LogP contribution in [-0.4, -0.2) is 39.4 Å². The van der Waals surface area contributed by atoms with Gasteiger partial charge in [-0.2, -0.15) is 0 Å². The van der Waals surface area contributed by atoms with E-state index in [1.165, 1.54) is 0 Å². The molecule has 7 nitrogen and oxygen atoms in total. The maximum Gasteiger partial charge on any atom is 0.256 e. The molecule has 1 aliphatic heterocycles. The zero-order valence-electron chi connectivity index (χ0n) is 17.0. The van der Waals surface area contributed by atoms with Crippen LogP contribution < -0.4 is 20.3 Å². The van der Waals surface area contributed by atoms with Gasteiger partial charge in [-0.15, -0.1) is 0 Å². The van der Waals surface area contributed by atoms with Gasteiger partial charge in [-0.25, -0.2) is 4.99 Å². The van der Waals surface area contributed by atoms with Gasteiger partial charge >= 0.3 is 0 Å². The lowest BCUT2D eigenvalue weighted by atomic mass is 10.1. The molecular weight excluding hydrogens is 384 g/mol. The second kappa shape index (κ2) is 9.00. The molecule has 0 bridgehead atoms. The molecule has 156 valence electrons. The van der Waals surface area contributed by atoms with Crippen molar-refractivity contribution in [2.75, 3.05) is 27.4 Å². The van der Waals surface area contributed by atoms with Gasteiger partial charge in [-0.3, -0.25) is 4.79 Å². The Labute approximate surface area is 174 Å². The van der Waals surface area contributed by atoms with Gasteiger partial charge in [0.1, 0.15) is 11.1 Å². The van der Waals surface area contributed by atoms with Crippen molar-refractivity contribution in [3.63, 3.8) is 0 Å². The highest BCUT2D eigenvalue weighted by molar-refractivity contribution is 5.96. The molecule has 1 amide bonds. The molecule has 1 unspecified atom stereocenters. The topological polar surface area (TPSA) is 82.3 Å². The predicted octanol–water partition coefficient (Wildman–Crippen LogP) is 3.59. The molecule has 4 rings (SSSR count). The SMILES string of the molecule is COc1ccc(N=c2oc3ccccc3cc2C(=O)NCC2CCCO2)cc1OC. The molecule has 1 N–H and O–H groups in total. The number of fused-ring (bicyclic) bond motifs is 1. The van der Waals surface area contributed by atoms with E-state index in [1.807, 2.05) is 24.3 Å². The van der Waals surface area contributed by atoms with E-state index in [1.54, 1.807) is 38.5 Å². The van der Waals surface area contributed by atoms with Crippen LogP contribution in [0.5, 0.6) is 11.5 Å². The third kappa shape index (κ3) is 4.31. The van der Waals surface area contributed by atoms with Crippen LogP contribution in [0.3, 0.4) is 0 Å². The first-order chi connectivity index (χ1) is 14.7. The first-order valence-electron chi connectivity index (χ1n) is 9.87. The number of benzene rings is 2. The second-order valence-electron chi connectivity index (χ2n) is 7.00. The maximum atomic E-state index is 12.9. The number of hydrogen-bond acceptors (Lipinski definition) is 6. The fourth-order valence-corrected chi connectivity index (χ4v) is 3.43. The summed E-state index contributed by atoms with van der Waals surface area (Å²) in [7, 11) is 3.13. The maximum absolute atomic E-state index is 12.9. The van der Waals surface area contributed by atoms with Crippen molar-refractivity contribution in [1.29, 1.82) is 0 Å². The van der Waals surface area contributed by atoms with Gasteiger partial charge in [-0.1, -0.05) is 18.2 Å². The Kier molecular flexibility index (Phi) is 5.99. The van der Waals surface area contributed by atoms with Gasteiger partial charge in [-0.05, 0) is 37.1 Å². The average Bonchev–Trinajstić information content (AvgIpc) is 3.30. The number of carbonyl (C=O) groups excluding carboxylic acids is 1. The molecule has 0 aliphatic carbocycles. The van der Waals surface area contributed by atoms with Crippen LogP contribution in [0.4, 0.5) is 5.69 Å². The smallest absolute Gasteiger partial charge is 0.256 e. The molecule has 1 aliphatic rings. The van der Waals surface area contributed by atoms with Gasteiger partial charge in [0.2, 0.25) is 5.55 Å². The molecule has 3 aromatic rings. The summed E-state index contributed by atoms with van der Waals surface area (Å²) in [6.45, 7) is 1.20. The summed E-state index contributed by atoms with van der Waals surface area (Å²) in [6.07, 6.45) is 2.02. The fourth-order valence-electron chi connectivity index (χ4n) is 3.43. The number of hydrogen-bond donors (Lipinski definition) is 1. The lowest BCUT2D eigenvalue weighted by molar-refractivity contribution is 0.0854. The summed E-state index contributed by atoms with van der Waals surface area (Å²) in [5.41, 5.74) is 1.82. The zero-order chi connectivity index (χ0) is 20.9. The first kappa shape index (κ1) is 20.0. The predicted molar refractivity (Wildman–Crippen MR) is 112 cm³/mol. The van der Waals surface area contributed by atoms with Gasteiger partial charge in [0, 0.05) is 24.6 Å². The van der Waals surface area contributed by atoms with E-state index in [0.717, 1.165) is 24.8 Å². The van der Waals surface area contributed by atoms with Crippen molar-refractivity contribution in [2.24, 2.45) is 4.99 Å². The highest BCUT2D eigenvalue weighted by atomic mass is 16.5. The Morgan fingerprint density at radius 1 is 1.13 bits per heavy atom. The van der Waals surface area contributed by atoms with Crippen LogP contribution in [0.1, 0.15) is 23.2 Å². The summed E-state index contributed by atoms with van der Waals surface area (Å²) in [6, 6.07) is 14.6. The molecule has 1 fully saturated rings. The van der Waals surface area contributed by atoms with E-state index in [0.29, 0.717) is 34.9 Å². The monoisotopic (exact) mass is 408 g/mol. The van der Waals surface area contributed by atoms with Gasteiger partial charge in [0.25, 0.3) is 5.91 Å². The Morgan fingerprint density at radius 2 is 1.97 bits per heavy atom.